The van der Waals surface area contributed by atoms with Crippen molar-refractivity contribution in [2.45, 2.75) is 20.8 Å². The second-order valence-corrected chi connectivity index (χ2v) is 13.2. The van der Waals surface area contributed by atoms with E-state index in [2.05, 4.69) is 15.0 Å². The van der Waals surface area contributed by atoms with Crippen LogP contribution >= 0.6 is 11.6 Å². The number of carbonyl (C=O) groups excluding carboxylic acids is 8. The van der Waals surface area contributed by atoms with E-state index in [1.54, 1.807) is 12.1 Å². The maximum absolute atomic E-state index is 12.5. The summed E-state index contributed by atoms with van der Waals surface area (Å²) in [4.78, 5) is 120. The molecule has 0 aromatic carbocycles. The third kappa shape index (κ3) is 6.45. The number of pyridine rings is 3. The highest BCUT2D eigenvalue weighted by molar-refractivity contribution is 6.68. The number of aliphatic hydroxyl groups is 1. The molecule has 0 atom stereocenters. The lowest BCUT2D eigenvalue weighted by Crippen LogP contribution is -2.23. The van der Waals surface area contributed by atoms with Crippen LogP contribution < -0.4 is 0 Å². The molecule has 60 heavy (non-hydrogen) atoms. The highest BCUT2D eigenvalue weighted by Gasteiger charge is 2.42. The van der Waals surface area contributed by atoms with Crippen LogP contribution in [0.4, 0.5) is 0 Å². The van der Waals surface area contributed by atoms with E-state index >= 15 is 0 Å². The van der Waals surface area contributed by atoms with Crippen molar-refractivity contribution in [2.24, 2.45) is 0 Å². The van der Waals surface area contributed by atoms with Crippen LogP contribution in [0.2, 0.25) is 0 Å². The summed E-state index contributed by atoms with van der Waals surface area (Å²) in [7, 11) is 0. The van der Waals surface area contributed by atoms with Crippen molar-refractivity contribution in [2.75, 3.05) is 13.2 Å². The average Bonchev–Trinajstić information content (AvgIpc) is 3.91. The van der Waals surface area contributed by atoms with Gasteiger partial charge in [0, 0.05) is 18.6 Å². The number of rotatable bonds is 5. The van der Waals surface area contributed by atoms with Crippen LogP contribution in [0.15, 0.2) is 68.2 Å². The number of carboxylic acid groups (broad SMARTS) is 1. The van der Waals surface area contributed by atoms with Crippen molar-refractivity contribution in [1.29, 1.82) is 0 Å². The third-order valence-electron chi connectivity index (χ3n) is 9.29. The van der Waals surface area contributed by atoms with E-state index in [1.807, 2.05) is 0 Å². The number of aryl methyl sites for hydroxylation is 3. The van der Waals surface area contributed by atoms with E-state index in [-0.39, 0.29) is 115 Å². The molecule has 0 saturated heterocycles. The summed E-state index contributed by atoms with van der Waals surface area (Å²) in [5.41, 5.74) is -0.460. The SMILES string of the molecule is Cc1oc2c(c1C(=O)Cl)C(=O)c1ncccc1C2=O.Cc1oc2c(c1C(=O)O)C(=O)c1ncccc1C2=O.Cc1oc2c(c1C(=O)OCCO)C(=O)c1ncccc1C2=O. The molecule has 6 heterocycles. The highest BCUT2D eigenvalue weighted by atomic mass is 35.5. The Hall–Kier alpha value is -7.83. The second kappa shape index (κ2) is 15.5. The average molecular weight is 834 g/mol. The Morgan fingerprint density at radius 2 is 0.933 bits per heavy atom. The van der Waals surface area contributed by atoms with Gasteiger partial charge in [0.2, 0.25) is 34.7 Å². The van der Waals surface area contributed by atoms with Crippen LogP contribution in [0.25, 0.3) is 0 Å². The molecule has 0 unspecified atom stereocenters. The number of carboxylic acids is 1. The topological polar surface area (TPSA) is 281 Å². The minimum absolute atomic E-state index is 0.0139. The minimum Gasteiger partial charge on any atom is -0.478 e. The van der Waals surface area contributed by atoms with Gasteiger partial charge in [-0.3, -0.25) is 48.5 Å². The predicted molar refractivity (Wildman–Crippen MR) is 198 cm³/mol. The first-order valence-electron chi connectivity index (χ1n) is 17.3. The summed E-state index contributed by atoms with van der Waals surface area (Å²) in [6.07, 6.45) is 4.18. The number of esters is 1. The zero-order chi connectivity index (χ0) is 43.3. The number of aliphatic hydroxyl groups excluding tert-OH is 1. The number of fused-ring (bicyclic) bond motifs is 6. The number of carbonyl (C=O) groups is 9. The number of halogens is 1. The molecule has 3 aliphatic rings. The molecule has 0 aliphatic heterocycles. The van der Waals surface area contributed by atoms with Gasteiger partial charge in [0.1, 0.15) is 52.1 Å². The van der Waals surface area contributed by atoms with Crippen LogP contribution in [0.3, 0.4) is 0 Å². The van der Waals surface area contributed by atoms with E-state index < -0.39 is 51.9 Å². The molecule has 0 spiro atoms. The first kappa shape index (κ1) is 40.4. The normalized spacial score (nSPS) is 13.0. The van der Waals surface area contributed by atoms with Crippen molar-refractivity contribution >= 4 is 63.5 Å². The first-order valence-corrected chi connectivity index (χ1v) is 17.7. The van der Waals surface area contributed by atoms with Crippen molar-refractivity contribution < 1.29 is 71.4 Å². The van der Waals surface area contributed by atoms with Crippen molar-refractivity contribution in [1.82, 2.24) is 15.0 Å². The molecule has 6 aromatic heterocycles. The number of aromatic nitrogens is 3. The molecule has 2 N–H and O–H groups in total. The summed E-state index contributed by atoms with van der Waals surface area (Å²) < 4.78 is 20.5. The molecule has 3 aliphatic carbocycles. The van der Waals surface area contributed by atoms with Crippen molar-refractivity contribution in [3.05, 3.63) is 157 Å². The third-order valence-corrected chi connectivity index (χ3v) is 9.48. The number of ketones is 6. The van der Waals surface area contributed by atoms with Gasteiger partial charge in [-0.2, -0.15) is 0 Å². The zero-order valence-electron chi connectivity index (χ0n) is 31.0. The van der Waals surface area contributed by atoms with E-state index in [1.165, 1.54) is 63.6 Å². The molecule has 9 rings (SSSR count). The Kier molecular flexibility index (Phi) is 10.4. The number of hydrogen-bond acceptors (Lipinski definition) is 17. The molecule has 0 saturated carbocycles. The Labute approximate surface area is 339 Å². The largest absolute Gasteiger partial charge is 0.478 e. The lowest BCUT2D eigenvalue weighted by atomic mass is 9.90. The Morgan fingerprint density at radius 3 is 1.30 bits per heavy atom. The number of nitrogens with zero attached hydrogens (tertiary/aromatic N) is 3. The summed E-state index contributed by atoms with van der Waals surface area (Å²) in [6, 6.07) is 9.06. The Bertz CT molecular complexity index is 2820. The minimum atomic E-state index is -1.30. The van der Waals surface area contributed by atoms with Crippen LogP contribution in [-0.4, -0.2) is 90.3 Å². The number of ether oxygens (including phenoxy) is 1. The summed E-state index contributed by atoms with van der Waals surface area (Å²) in [6.45, 7) is 3.79. The highest BCUT2D eigenvalue weighted by Crippen LogP contribution is 2.35. The van der Waals surface area contributed by atoms with Crippen LogP contribution in [-0.2, 0) is 4.74 Å². The molecule has 18 nitrogen and oxygen atoms in total. The van der Waals surface area contributed by atoms with Gasteiger partial charge in [-0.05, 0) is 68.8 Å². The van der Waals surface area contributed by atoms with Gasteiger partial charge in [-0.1, -0.05) is 0 Å². The Balaban J connectivity index is 0.000000137. The van der Waals surface area contributed by atoms with Crippen LogP contribution in [0, 0.1) is 20.8 Å². The van der Waals surface area contributed by atoms with Crippen LogP contribution in [0.1, 0.15) is 145 Å². The number of hydrogen-bond donors (Lipinski definition) is 2. The fourth-order valence-electron chi connectivity index (χ4n) is 6.74. The maximum atomic E-state index is 12.5. The predicted octanol–water partition coefficient (Wildman–Crippen LogP) is 4.50. The van der Waals surface area contributed by atoms with Gasteiger partial charge in [0.25, 0.3) is 5.24 Å². The maximum Gasteiger partial charge on any atom is 0.342 e. The lowest BCUT2D eigenvalue weighted by Gasteiger charge is -2.12. The zero-order valence-corrected chi connectivity index (χ0v) is 31.8. The molecule has 6 aromatic rings. The molecule has 19 heteroatoms. The molecular formula is C41H24ClN3O15. The van der Waals surface area contributed by atoms with Gasteiger partial charge < -0.3 is 28.2 Å². The molecule has 300 valence electrons. The van der Waals surface area contributed by atoms with Gasteiger partial charge in [0.15, 0.2) is 17.3 Å². The van der Waals surface area contributed by atoms with E-state index in [0.29, 0.717) is 0 Å². The van der Waals surface area contributed by atoms with Gasteiger partial charge >= 0.3 is 11.9 Å². The van der Waals surface area contributed by atoms with Gasteiger partial charge in [-0.25, -0.2) is 9.59 Å². The van der Waals surface area contributed by atoms with E-state index in [4.69, 9.17) is 39.8 Å². The van der Waals surface area contributed by atoms with E-state index in [9.17, 15) is 43.2 Å². The Morgan fingerprint density at radius 1 is 0.583 bits per heavy atom. The van der Waals surface area contributed by atoms with E-state index in [0.717, 1.165) is 0 Å². The van der Waals surface area contributed by atoms with Crippen LogP contribution in [0.5, 0.6) is 0 Å². The molecular weight excluding hydrogens is 810 g/mol. The summed E-state index contributed by atoms with van der Waals surface area (Å²) in [5.74, 6) is -5.54. The fourth-order valence-corrected chi connectivity index (χ4v) is 6.97. The quantitative estimate of drug-likeness (QED) is 0.178. The molecule has 0 amide bonds. The lowest BCUT2D eigenvalue weighted by molar-refractivity contribution is 0.0429. The van der Waals surface area contributed by atoms with Crippen molar-refractivity contribution in [3.63, 3.8) is 0 Å². The molecule has 0 radical (unpaired) electrons. The summed E-state index contributed by atoms with van der Waals surface area (Å²) >= 11 is 5.44. The summed E-state index contributed by atoms with van der Waals surface area (Å²) in [5, 5.41) is 17.0. The fraction of sp³-hybridized carbons (Fsp3) is 0.122. The molecule has 0 fully saturated rings. The van der Waals surface area contributed by atoms with Gasteiger partial charge in [0.05, 0.1) is 45.6 Å². The first-order chi connectivity index (χ1) is 28.6. The number of aromatic carboxylic acids is 1. The smallest absolute Gasteiger partial charge is 0.342 e. The monoisotopic (exact) mass is 833 g/mol. The number of furan rings is 3. The standard InChI is InChI=1S/C15H11NO6.C13H6ClNO4.C13H7NO5/c1-7-9(15(20)21-6-5-17)10-13(19)11-8(3-2-4-16-11)12(18)14(10)22-7;1-5-7(13(14)18)8-11(17)9-6(3-2-4-15-9)10(16)12(8)19-5;1-5-7(13(17)18)8-11(16)9-6(3-2-4-14-9)10(15)12(8)19-5/h2-4,17H,5-6H2,1H3;2-4H,1H3;2-4H,1H3,(H,17,18). The second-order valence-electron chi connectivity index (χ2n) is 12.8. The van der Waals surface area contributed by atoms with Crippen molar-refractivity contribution in [3.8, 4) is 0 Å². The molecule has 0 bridgehead atoms. The van der Waals surface area contributed by atoms with Gasteiger partial charge in [-0.15, -0.1) is 0 Å².